The van der Waals surface area contributed by atoms with E-state index in [0.717, 1.165) is 42.6 Å². The molecule has 24 heavy (non-hydrogen) atoms. The standard InChI is InChI=1S/C18H20N2O4/c1-11(18(22)23)15(12-7-3-2-4-8-12)19-17(21)16-13-9-5-6-10-14(13)24-20-16/h2-4,7-8,11,15H,5-6,9-10H2,1H3,(H,19,21)(H,22,23). The Morgan fingerprint density at radius 1 is 1.21 bits per heavy atom. The van der Waals surface area contributed by atoms with Gasteiger partial charge in [0.25, 0.3) is 5.91 Å². The van der Waals surface area contributed by atoms with Gasteiger partial charge in [0.1, 0.15) is 5.76 Å². The molecule has 0 fully saturated rings. The van der Waals surface area contributed by atoms with Gasteiger partial charge in [-0.15, -0.1) is 0 Å². The first kappa shape index (κ1) is 16.2. The fraction of sp³-hybridized carbons (Fsp3) is 0.389. The molecular formula is C18H20N2O4. The predicted octanol–water partition coefficient (Wildman–Crippen LogP) is 2.75. The van der Waals surface area contributed by atoms with E-state index in [9.17, 15) is 14.7 Å². The van der Waals surface area contributed by atoms with Crippen LogP contribution in [0.4, 0.5) is 0 Å². The second-order valence-electron chi connectivity index (χ2n) is 6.13. The van der Waals surface area contributed by atoms with E-state index in [4.69, 9.17) is 4.52 Å². The highest BCUT2D eigenvalue weighted by molar-refractivity contribution is 5.94. The van der Waals surface area contributed by atoms with Gasteiger partial charge in [0, 0.05) is 12.0 Å². The number of amides is 1. The van der Waals surface area contributed by atoms with Gasteiger partial charge in [0.05, 0.1) is 12.0 Å². The van der Waals surface area contributed by atoms with Gasteiger partial charge in [0.2, 0.25) is 0 Å². The molecule has 0 bridgehead atoms. The Hall–Kier alpha value is -2.63. The highest BCUT2D eigenvalue weighted by Crippen LogP contribution is 2.26. The summed E-state index contributed by atoms with van der Waals surface area (Å²) < 4.78 is 5.28. The number of carbonyl (C=O) groups is 2. The van der Waals surface area contributed by atoms with E-state index in [-0.39, 0.29) is 11.6 Å². The van der Waals surface area contributed by atoms with Crippen LogP contribution in [0.25, 0.3) is 0 Å². The molecular weight excluding hydrogens is 308 g/mol. The molecule has 1 aromatic heterocycles. The van der Waals surface area contributed by atoms with Crippen LogP contribution in [-0.4, -0.2) is 22.1 Å². The van der Waals surface area contributed by atoms with E-state index in [2.05, 4.69) is 10.5 Å². The Morgan fingerprint density at radius 3 is 2.62 bits per heavy atom. The molecule has 2 N–H and O–H groups in total. The van der Waals surface area contributed by atoms with Crippen LogP contribution in [0, 0.1) is 5.92 Å². The van der Waals surface area contributed by atoms with Crippen LogP contribution in [0.2, 0.25) is 0 Å². The molecule has 2 unspecified atom stereocenters. The predicted molar refractivity (Wildman–Crippen MR) is 86.6 cm³/mol. The molecule has 0 aliphatic heterocycles. The zero-order valence-corrected chi connectivity index (χ0v) is 13.5. The first-order valence-electron chi connectivity index (χ1n) is 8.14. The summed E-state index contributed by atoms with van der Waals surface area (Å²) in [5, 5.41) is 16.1. The van der Waals surface area contributed by atoms with Crippen molar-refractivity contribution in [1.82, 2.24) is 10.5 Å². The molecule has 6 nitrogen and oxygen atoms in total. The Labute approximate surface area is 139 Å². The smallest absolute Gasteiger partial charge is 0.308 e. The minimum Gasteiger partial charge on any atom is -0.481 e. The number of carboxylic acids is 1. The van der Waals surface area contributed by atoms with Crippen LogP contribution in [0.5, 0.6) is 0 Å². The van der Waals surface area contributed by atoms with Crippen molar-refractivity contribution >= 4 is 11.9 Å². The molecule has 1 heterocycles. The fourth-order valence-corrected chi connectivity index (χ4v) is 3.07. The number of nitrogens with zero attached hydrogens (tertiary/aromatic N) is 1. The molecule has 126 valence electrons. The largest absolute Gasteiger partial charge is 0.481 e. The van der Waals surface area contributed by atoms with Crippen molar-refractivity contribution in [2.24, 2.45) is 5.92 Å². The quantitative estimate of drug-likeness (QED) is 0.880. The van der Waals surface area contributed by atoms with Crippen molar-refractivity contribution in [3.05, 3.63) is 52.9 Å². The highest BCUT2D eigenvalue weighted by atomic mass is 16.5. The van der Waals surface area contributed by atoms with Gasteiger partial charge in [-0.25, -0.2) is 0 Å². The number of carboxylic acid groups (broad SMARTS) is 1. The zero-order valence-electron chi connectivity index (χ0n) is 13.5. The molecule has 0 saturated heterocycles. The number of carbonyl (C=O) groups excluding carboxylic acids is 1. The van der Waals surface area contributed by atoms with Crippen molar-refractivity contribution < 1.29 is 19.2 Å². The maximum atomic E-state index is 12.7. The number of aliphatic carboxylic acids is 1. The summed E-state index contributed by atoms with van der Waals surface area (Å²) in [6.45, 7) is 1.58. The number of benzene rings is 1. The average molecular weight is 328 g/mol. The lowest BCUT2D eigenvalue weighted by atomic mass is 9.93. The molecule has 1 aliphatic rings. The molecule has 2 atom stereocenters. The van der Waals surface area contributed by atoms with E-state index in [1.54, 1.807) is 6.92 Å². The summed E-state index contributed by atoms with van der Waals surface area (Å²) in [6, 6.07) is 8.47. The van der Waals surface area contributed by atoms with E-state index >= 15 is 0 Å². The van der Waals surface area contributed by atoms with Gasteiger partial charge in [-0.05, 0) is 31.7 Å². The Balaban J connectivity index is 1.86. The Bertz CT molecular complexity index is 739. The number of aromatic nitrogens is 1. The first-order valence-corrected chi connectivity index (χ1v) is 8.14. The zero-order chi connectivity index (χ0) is 17.1. The third-order valence-electron chi connectivity index (χ3n) is 4.50. The third kappa shape index (κ3) is 3.18. The molecule has 1 aliphatic carbocycles. The summed E-state index contributed by atoms with van der Waals surface area (Å²) in [5.74, 6) is -1.34. The van der Waals surface area contributed by atoms with E-state index in [0.29, 0.717) is 0 Å². The van der Waals surface area contributed by atoms with Crippen LogP contribution >= 0.6 is 0 Å². The maximum absolute atomic E-state index is 12.7. The summed E-state index contributed by atoms with van der Waals surface area (Å²) >= 11 is 0. The SMILES string of the molecule is CC(C(=O)O)C(NC(=O)c1noc2c1CCCC2)c1ccccc1. The summed E-state index contributed by atoms with van der Waals surface area (Å²) in [6.07, 6.45) is 3.60. The lowest BCUT2D eigenvalue weighted by Gasteiger charge is -2.22. The number of nitrogens with one attached hydrogen (secondary N) is 1. The number of rotatable bonds is 5. The van der Waals surface area contributed by atoms with Crippen molar-refractivity contribution in [1.29, 1.82) is 0 Å². The van der Waals surface area contributed by atoms with E-state index in [1.807, 2.05) is 30.3 Å². The Kier molecular flexibility index (Phi) is 4.64. The maximum Gasteiger partial charge on any atom is 0.308 e. The van der Waals surface area contributed by atoms with Gasteiger partial charge >= 0.3 is 5.97 Å². The minimum absolute atomic E-state index is 0.281. The topological polar surface area (TPSA) is 92.4 Å². The Morgan fingerprint density at radius 2 is 1.92 bits per heavy atom. The molecule has 1 aromatic carbocycles. The van der Waals surface area contributed by atoms with Gasteiger partial charge in [-0.2, -0.15) is 0 Å². The summed E-state index contributed by atoms with van der Waals surface area (Å²) in [5.41, 5.74) is 1.88. The van der Waals surface area contributed by atoms with Gasteiger partial charge in [-0.1, -0.05) is 35.5 Å². The molecule has 0 spiro atoms. The molecule has 6 heteroatoms. The monoisotopic (exact) mass is 328 g/mol. The van der Waals surface area contributed by atoms with Crippen LogP contribution in [-0.2, 0) is 17.6 Å². The van der Waals surface area contributed by atoms with Crippen molar-refractivity contribution in [3.8, 4) is 0 Å². The summed E-state index contributed by atoms with van der Waals surface area (Å²) in [4.78, 5) is 24.1. The fourth-order valence-electron chi connectivity index (χ4n) is 3.07. The summed E-state index contributed by atoms with van der Waals surface area (Å²) in [7, 11) is 0. The minimum atomic E-state index is -0.966. The number of aryl methyl sites for hydroxylation is 1. The second-order valence-corrected chi connectivity index (χ2v) is 6.13. The normalized spacial score (nSPS) is 16.0. The van der Waals surface area contributed by atoms with Crippen LogP contribution in [0.3, 0.4) is 0 Å². The number of fused-ring (bicyclic) bond motifs is 1. The molecule has 2 aromatic rings. The lowest BCUT2D eigenvalue weighted by Crippen LogP contribution is -2.36. The van der Waals surface area contributed by atoms with Crippen molar-refractivity contribution in [3.63, 3.8) is 0 Å². The molecule has 1 amide bonds. The van der Waals surface area contributed by atoms with Crippen molar-refractivity contribution in [2.45, 2.75) is 38.6 Å². The van der Waals surface area contributed by atoms with Gasteiger partial charge < -0.3 is 14.9 Å². The van der Waals surface area contributed by atoms with E-state index in [1.165, 1.54) is 0 Å². The van der Waals surface area contributed by atoms with Crippen LogP contribution in [0.15, 0.2) is 34.9 Å². The van der Waals surface area contributed by atoms with Gasteiger partial charge in [-0.3, -0.25) is 9.59 Å². The lowest BCUT2D eigenvalue weighted by molar-refractivity contribution is -0.142. The highest BCUT2D eigenvalue weighted by Gasteiger charge is 2.30. The average Bonchev–Trinajstić information content (AvgIpc) is 3.04. The first-order chi connectivity index (χ1) is 11.6. The number of hydrogen-bond donors (Lipinski definition) is 2. The molecule has 3 rings (SSSR count). The van der Waals surface area contributed by atoms with Crippen molar-refractivity contribution in [2.75, 3.05) is 0 Å². The van der Waals surface area contributed by atoms with Gasteiger partial charge in [0.15, 0.2) is 5.69 Å². The number of hydrogen-bond acceptors (Lipinski definition) is 4. The molecule has 0 radical (unpaired) electrons. The third-order valence-corrected chi connectivity index (χ3v) is 4.50. The second kappa shape index (κ2) is 6.86. The van der Waals surface area contributed by atoms with Crippen LogP contribution < -0.4 is 5.32 Å². The van der Waals surface area contributed by atoms with E-state index < -0.39 is 17.9 Å². The van der Waals surface area contributed by atoms with Crippen LogP contribution in [0.1, 0.15) is 53.2 Å². The molecule has 0 saturated carbocycles.